The van der Waals surface area contributed by atoms with E-state index in [0.29, 0.717) is 18.9 Å². The Hall–Kier alpha value is -1.14. The topological polar surface area (TPSA) is 68.0 Å². The van der Waals surface area contributed by atoms with Gasteiger partial charge in [0.05, 0.1) is 12.1 Å². The van der Waals surface area contributed by atoms with E-state index in [4.69, 9.17) is 5.73 Å². The van der Waals surface area contributed by atoms with Gasteiger partial charge in [-0.2, -0.15) is 0 Å². The average Bonchev–Trinajstić information content (AvgIpc) is 2.95. The van der Waals surface area contributed by atoms with Crippen LogP contribution in [0.25, 0.3) is 10.6 Å². The Balaban J connectivity index is 0.00000288. The van der Waals surface area contributed by atoms with E-state index in [1.807, 2.05) is 5.38 Å². The molecule has 0 bridgehead atoms. The summed E-state index contributed by atoms with van der Waals surface area (Å²) in [6, 6.07) is 8.30. The van der Waals surface area contributed by atoms with Crippen LogP contribution < -0.4 is 11.1 Å². The molecule has 0 saturated carbocycles. The third kappa shape index (κ3) is 7.74. The van der Waals surface area contributed by atoms with Crippen LogP contribution in [0.5, 0.6) is 0 Å². The Kier molecular flexibility index (Phi) is 10.9. The van der Waals surface area contributed by atoms with Gasteiger partial charge in [0, 0.05) is 23.5 Å². The first-order valence-electron chi connectivity index (χ1n) is 7.98. The Morgan fingerprint density at radius 2 is 1.88 bits per heavy atom. The predicted molar refractivity (Wildman–Crippen MR) is 111 cm³/mol. The van der Waals surface area contributed by atoms with Gasteiger partial charge in [0.25, 0.3) is 0 Å². The molecule has 0 aliphatic carbocycles. The zero-order valence-corrected chi connectivity index (χ0v) is 17.3. The van der Waals surface area contributed by atoms with Crippen LogP contribution in [-0.2, 0) is 11.2 Å². The summed E-state index contributed by atoms with van der Waals surface area (Å²) < 4.78 is 0. The normalized spacial score (nSPS) is 11.4. The summed E-state index contributed by atoms with van der Waals surface area (Å²) in [6.07, 6.45) is 1.20. The molecule has 0 radical (unpaired) electrons. The molecule has 3 N–H and O–H groups in total. The molecular weight excluding hydrogens is 377 g/mol. The molecule has 1 atom stereocenters. The molecule has 1 heterocycles. The van der Waals surface area contributed by atoms with Crippen molar-refractivity contribution >= 4 is 42.1 Å². The summed E-state index contributed by atoms with van der Waals surface area (Å²) >= 11 is 1.57. The number of carbonyl (C=O) groups is 1. The Labute approximate surface area is 166 Å². The van der Waals surface area contributed by atoms with Gasteiger partial charge in [-0.15, -0.1) is 36.2 Å². The maximum Gasteiger partial charge on any atom is 0.226 e. The van der Waals surface area contributed by atoms with E-state index < -0.39 is 0 Å². The molecule has 2 aromatic rings. The standard InChI is InChI=1S/C18H25N3OS.2ClH/c1-12(2)8-15(10-19)20-17(22)9-16-11-23-18(21-16)14-6-4-13(3)5-7-14;;/h4-7,11-12,15H,8-10,19H2,1-3H3,(H,20,22);2*1H. The maximum atomic E-state index is 12.2. The largest absolute Gasteiger partial charge is 0.352 e. The molecule has 1 unspecified atom stereocenters. The molecule has 0 spiro atoms. The SMILES string of the molecule is Cc1ccc(-c2nc(CC(=O)NC(CN)CC(C)C)cs2)cc1.Cl.Cl. The highest BCUT2D eigenvalue weighted by atomic mass is 35.5. The molecule has 0 fully saturated rings. The number of aromatic nitrogens is 1. The van der Waals surface area contributed by atoms with E-state index in [0.717, 1.165) is 22.7 Å². The number of aryl methyl sites for hydroxylation is 1. The molecule has 1 aromatic heterocycles. The molecule has 1 amide bonds. The van der Waals surface area contributed by atoms with Crippen molar-refractivity contribution in [2.24, 2.45) is 11.7 Å². The maximum absolute atomic E-state index is 12.2. The summed E-state index contributed by atoms with van der Waals surface area (Å²) in [5.41, 5.74) is 8.85. The lowest BCUT2D eigenvalue weighted by molar-refractivity contribution is -0.121. The monoisotopic (exact) mass is 403 g/mol. The van der Waals surface area contributed by atoms with Crippen molar-refractivity contribution in [3.05, 3.63) is 40.9 Å². The molecule has 0 saturated heterocycles. The first-order valence-corrected chi connectivity index (χ1v) is 8.86. The summed E-state index contributed by atoms with van der Waals surface area (Å²) in [4.78, 5) is 16.7. The van der Waals surface area contributed by atoms with Gasteiger partial charge in [0.2, 0.25) is 5.91 Å². The highest BCUT2D eigenvalue weighted by Gasteiger charge is 2.14. The van der Waals surface area contributed by atoms with Crippen molar-refractivity contribution in [3.8, 4) is 10.6 Å². The fraction of sp³-hybridized carbons (Fsp3) is 0.444. The van der Waals surface area contributed by atoms with Crippen LogP contribution in [0, 0.1) is 12.8 Å². The molecule has 25 heavy (non-hydrogen) atoms. The summed E-state index contributed by atoms with van der Waals surface area (Å²) in [5, 5.41) is 5.91. The lowest BCUT2D eigenvalue weighted by atomic mass is 10.0. The van der Waals surface area contributed by atoms with E-state index in [2.05, 4.69) is 55.3 Å². The smallest absolute Gasteiger partial charge is 0.226 e. The number of hydrogen-bond acceptors (Lipinski definition) is 4. The third-order valence-electron chi connectivity index (χ3n) is 3.60. The van der Waals surface area contributed by atoms with Gasteiger partial charge in [0.15, 0.2) is 0 Å². The second kappa shape index (κ2) is 11.5. The second-order valence-corrected chi connectivity index (χ2v) is 7.17. The minimum Gasteiger partial charge on any atom is -0.352 e. The van der Waals surface area contributed by atoms with E-state index in [1.165, 1.54) is 5.56 Å². The molecule has 1 aromatic carbocycles. The molecule has 140 valence electrons. The first-order chi connectivity index (χ1) is 11.0. The number of nitrogens with one attached hydrogen (secondary N) is 1. The number of thiazole rings is 1. The van der Waals surface area contributed by atoms with Crippen LogP contribution in [0.4, 0.5) is 0 Å². The van der Waals surface area contributed by atoms with E-state index in [-0.39, 0.29) is 36.8 Å². The van der Waals surface area contributed by atoms with Crippen molar-refractivity contribution in [3.63, 3.8) is 0 Å². The van der Waals surface area contributed by atoms with Crippen molar-refractivity contribution in [1.29, 1.82) is 0 Å². The lowest BCUT2D eigenvalue weighted by Crippen LogP contribution is -2.41. The Bertz CT molecular complexity index is 644. The quantitative estimate of drug-likeness (QED) is 0.733. The zero-order valence-electron chi connectivity index (χ0n) is 14.8. The lowest BCUT2D eigenvalue weighted by Gasteiger charge is -2.18. The van der Waals surface area contributed by atoms with Crippen molar-refractivity contribution in [1.82, 2.24) is 10.3 Å². The van der Waals surface area contributed by atoms with Gasteiger partial charge in [-0.05, 0) is 19.3 Å². The van der Waals surface area contributed by atoms with Crippen LogP contribution in [-0.4, -0.2) is 23.5 Å². The molecule has 4 nitrogen and oxygen atoms in total. The number of rotatable bonds is 7. The van der Waals surface area contributed by atoms with Gasteiger partial charge in [-0.25, -0.2) is 4.98 Å². The molecule has 0 aliphatic rings. The number of nitrogens with two attached hydrogens (primary N) is 1. The number of hydrogen-bond donors (Lipinski definition) is 2. The minimum absolute atomic E-state index is 0. The van der Waals surface area contributed by atoms with Crippen molar-refractivity contribution in [2.45, 2.75) is 39.7 Å². The fourth-order valence-corrected chi connectivity index (χ4v) is 3.27. The van der Waals surface area contributed by atoms with Crippen LogP contribution >= 0.6 is 36.2 Å². The Morgan fingerprint density at radius 3 is 2.44 bits per heavy atom. The highest BCUT2D eigenvalue weighted by Crippen LogP contribution is 2.24. The van der Waals surface area contributed by atoms with Crippen molar-refractivity contribution in [2.75, 3.05) is 6.54 Å². The summed E-state index contributed by atoms with van der Waals surface area (Å²) in [6.45, 7) is 6.79. The number of amides is 1. The minimum atomic E-state index is -0.0122. The van der Waals surface area contributed by atoms with E-state index in [9.17, 15) is 4.79 Å². The number of benzene rings is 1. The van der Waals surface area contributed by atoms with Crippen LogP contribution in [0.1, 0.15) is 31.5 Å². The number of halogens is 2. The average molecular weight is 404 g/mol. The molecule has 0 aliphatic heterocycles. The molecule has 2 rings (SSSR count). The first kappa shape index (κ1) is 23.9. The number of nitrogens with zero attached hydrogens (tertiary/aromatic N) is 1. The van der Waals surface area contributed by atoms with Crippen molar-refractivity contribution < 1.29 is 4.79 Å². The van der Waals surface area contributed by atoms with Crippen LogP contribution in [0.2, 0.25) is 0 Å². The van der Waals surface area contributed by atoms with E-state index >= 15 is 0 Å². The van der Waals surface area contributed by atoms with Crippen LogP contribution in [0.3, 0.4) is 0 Å². The summed E-state index contributed by atoms with van der Waals surface area (Å²) in [5.74, 6) is 0.498. The van der Waals surface area contributed by atoms with Gasteiger partial charge in [-0.1, -0.05) is 43.7 Å². The van der Waals surface area contributed by atoms with Gasteiger partial charge < -0.3 is 11.1 Å². The van der Waals surface area contributed by atoms with Gasteiger partial charge in [0.1, 0.15) is 5.01 Å². The van der Waals surface area contributed by atoms with Gasteiger partial charge >= 0.3 is 0 Å². The van der Waals surface area contributed by atoms with Gasteiger partial charge in [-0.3, -0.25) is 4.79 Å². The zero-order chi connectivity index (χ0) is 16.8. The van der Waals surface area contributed by atoms with E-state index in [1.54, 1.807) is 11.3 Å². The second-order valence-electron chi connectivity index (χ2n) is 6.32. The Morgan fingerprint density at radius 1 is 1.24 bits per heavy atom. The van der Waals surface area contributed by atoms with Crippen LogP contribution in [0.15, 0.2) is 29.6 Å². The predicted octanol–water partition coefficient (Wildman–Crippen LogP) is 3.99. The summed E-state index contributed by atoms with van der Waals surface area (Å²) in [7, 11) is 0. The molecule has 7 heteroatoms. The highest BCUT2D eigenvalue weighted by molar-refractivity contribution is 7.13. The number of carbonyl (C=O) groups excluding carboxylic acids is 1. The third-order valence-corrected chi connectivity index (χ3v) is 4.54. The fourth-order valence-electron chi connectivity index (χ4n) is 2.44. The molecular formula is C18H27Cl2N3OS.